The highest BCUT2D eigenvalue weighted by Gasteiger charge is 2.22. The monoisotopic (exact) mass is 208 g/mol. The largest absolute Gasteiger partial charge is 0.353 e. The number of aryl methyl sites for hydroxylation is 2. The van der Waals surface area contributed by atoms with Crippen LogP contribution in [0.5, 0.6) is 0 Å². The molecule has 1 heterocycles. The third kappa shape index (κ3) is 1.25. The van der Waals surface area contributed by atoms with Crippen LogP contribution in [0.1, 0.15) is 22.4 Å². The van der Waals surface area contributed by atoms with E-state index in [0.29, 0.717) is 0 Å². The van der Waals surface area contributed by atoms with E-state index in [2.05, 4.69) is 67.2 Å². The maximum Gasteiger partial charge on any atom is 0.0733 e. The molecular formula is C15H14N. The number of hydrogen-bond donors (Lipinski definition) is 0. The molecule has 79 valence electrons. The minimum atomic E-state index is 1.32. The smallest absolute Gasteiger partial charge is 0.0733 e. The van der Waals surface area contributed by atoms with Crippen molar-refractivity contribution in [1.82, 2.24) is 4.57 Å². The highest BCUT2D eigenvalue weighted by Crippen LogP contribution is 2.35. The molecule has 16 heavy (non-hydrogen) atoms. The molecule has 3 rings (SSSR count). The zero-order chi connectivity index (χ0) is 11.1. The molecule has 0 saturated carbocycles. The van der Waals surface area contributed by atoms with Gasteiger partial charge in [0.05, 0.1) is 5.92 Å². The summed E-state index contributed by atoms with van der Waals surface area (Å²) in [6.07, 6.45) is 6.52. The van der Waals surface area contributed by atoms with Crippen molar-refractivity contribution in [3.05, 3.63) is 70.9 Å². The van der Waals surface area contributed by atoms with Crippen molar-refractivity contribution in [2.75, 3.05) is 0 Å². The van der Waals surface area contributed by atoms with Gasteiger partial charge in [-0.3, -0.25) is 0 Å². The Morgan fingerprint density at radius 2 is 1.81 bits per heavy atom. The molecule has 0 N–H and O–H groups in total. The second kappa shape index (κ2) is 3.38. The number of rotatable bonds is 1. The van der Waals surface area contributed by atoms with E-state index < -0.39 is 0 Å². The SMILES string of the molecule is Cc1ccn(C)c1[C]1C=Cc2ccccc21. The summed E-state index contributed by atoms with van der Waals surface area (Å²) >= 11 is 0. The van der Waals surface area contributed by atoms with Gasteiger partial charge in [-0.15, -0.1) is 0 Å². The third-order valence-corrected chi connectivity index (χ3v) is 3.21. The normalized spacial score (nSPS) is 14.4. The molecule has 0 spiro atoms. The summed E-state index contributed by atoms with van der Waals surface area (Å²) in [6, 6.07) is 10.7. The first-order chi connectivity index (χ1) is 7.77. The van der Waals surface area contributed by atoms with Gasteiger partial charge in [0.15, 0.2) is 0 Å². The zero-order valence-electron chi connectivity index (χ0n) is 9.57. The summed E-state index contributed by atoms with van der Waals surface area (Å²) in [5, 5.41) is 0. The summed E-state index contributed by atoms with van der Waals surface area (Å²) < 4.78 is 2.19. The van der Waals surface area contributed by atoms with Crippen LogP contribution < -0.4 is 0 Å². The van der Waals surface area contributed by atoms with Crippen LogP contribution in [0.3, 0.4) is 0 Å². The lowest BCUT2D eigenvalue weighted by molar-refractivity contribution is 0.872. The topological polar surface area (TPSA) is 4.93 Å². The Labute approximate surface area is 96.0 Å². The molecule has 1 radical (unpaired) electrons. The first kappa shape index (κ1) is 9.46. The highest BCUT2D eigenvalue weighted by molar-refractivity contribution is 5.73. The fourth-order valence-electron chi connectivity index (χ4n) is 2.41. The quantitative estimate of drug-likeness (QED) is 0.677. The Hall–Kier alpha value is -1.76. The molecule has 1 nitrogen and oxygen atoms in total. The van der Waals surface area contributed by atoms with Crippen molar-refractivity contribution in [1.29, 1.82) is 0 Å². The van der Waals surface area contributed by atoms with E-state index in [4.69, 9.17) is 0 Å². The molecule has 0 bridgehead atoms. The summed E-state index contributed by atoms with van der Waals surface area (Å²) in [7, 11) is 2.10. The molecule has 1 aliphatic carbocycles. The van der Waals surface area contributed by atoms with Gasteiger partial charge in [0.25, 0.3) is 0 Å². The predicted molar refractivity (Wildman–Crippen MR) is 67.1 cm³/mol. The molecule has 0 fully saturated rings. The summed E-state index contributed by atoms with van der Waals surface area (Å²) in [5.74, 6) is 1.33. The molecular weight excluding hydrogens is 194 g/mol. The lowest BCUT2D eigenvalue weighted by Gasteiger charge is -2.13. The van der Waals surface area contributed by atoms with Gasteiger partial charge in [0.2, 0.25) is 0 Å². The molecule has 1 aliphatic rings. The number of fused-ring (bicyclic) bond motifs is 1. The number of benzene rings is 1. The predicted octanol–water partition coefficient (Wildman–Crippen LogP) is 3.33. The molecule has 0 atom stereocenters. The van der Waals surface area contributed by atoms with Crippen molar-refractivity contribution in [3.8, 4) is 0 Å². The van der Waals surface area contributed by atoms with E-state index in [9.17, 15) is 0 Å². The molecule has 2 aromatic rings. The van der Waals surface area contributed by atoms with Crippen LogP contribution >= 0.6 is 0 Å². The highest BCUT2D eigenvalue weighted by atomic mass is 14.9. The minimum Gasteiger partial charge on any atom is -0.353 e. The van der Waals surface area contributed by atoms with E-state index in [1.54, 1.807) is 0 Å². The van der Waals surface area contributed by atoms with Gasteiger partial charge in [-0.25, -0.2) is 0 Å². The summed E-state index contributed by atoms with van der Waals surface area (Å²) in [6.45, 7) is 2.16. The first-order valence-corrected chi connectivity index (χ1v) is 5.54. The Kier molecular flexibility index (Phi) is 2.00. The molecule has 1 aromatic heterocycles. The Morgan fingerprint density at radius 1 is 1.00 bits per heavy atom. The van der Waals surface area contributed by atoms with Crippen LogP contribution in [-0.2, 0) is 7.05 Å². The molecule has 0 saturated heterocycles. The van der Waals surface area contributed by atoms with Crippen molar-refractivity contribution >= 4 is 6.08 Å². The maximum atomic E-state index is 2.22. The van der Waals surface area contributed by atoms with Crippen molar-refractivity contribution in [3.63, 3.8) is 0 Å². The number of allylic oxidation sites excluding steroid dienone is 1. The summed E-state index contributed by atoms with van der Waals surface area (Å²) in [5.41, 5.74) is 5.31. The van der Waals surface area contributed by atoms with Gasteiger partial charge in [-0.05, 0) is 29.7 Å². The van der Waals surface area contributed by atoms with Crippen molar-refractivity contribution in [2.24, 2.45) is 7.05 Å². The fraction of sp³-hybridized carbons (Fsp3) is 0.133. The zero-order valence-corrected chi connectivity index (χ0v) is 9.57. The van der Waals surface area contributed by atoms with Crippen LogP contribution in [-0.4, -0.2) is 4.57 Å². The molecule has 1 aromatic carbocycles. The fourth-order valence-corrected chi connectivity index (χ4v) is 2.41. The van der Waals surface area contributed by atoms with Crippen LogP contribution in [0.15, 0.2) is 42.6 Å². The minimum absolute atomic E-state index is 1.32. The second-order valence-corrected chi connectivity index (χ2v) is 4.29. The van der Waals surface area contributed by atoms with E-state index in [1.807, 2.05) is 0 Å². The van der Waals surface area contributed by atoms with E-state index >= 15 is 0 Å². The molecule has 0 aliphatic heterocycles. The average Bonchev–Trinajstić information content (AvgIpc) is 2.83. The van der Waals surface area contributed by atoms with Crippen LogP contribution in [0.2, 0.25) is 0 Å². The lowest BCUT2D eigenvalue weighted by Crippen LogP contribution is -2.04. The average molecular weight is 208 g/mol. The van der Waals surface area contributed by atoms with E-state index in [-0.39, 0.29) is 0 Å². The van der Waals surface area contributed by atoms with Crippen molar-refractivity contribution in [2.45, 2.75) is 6.92 Å². The van der Waals surface area contributed by atoms with E-state index in [1.165, 1.54) is 28.3 Å². The van der Waals surface area contributed by atoms with Crippen molar-refractivity contribution < 1.29 is 0 Å². The number of hydrogen-bond acceptors (Lipinski definition) is 0. The first-order valence-electron chi connectivity index (χ1n) is 5.54. The standard InChI is InChI=1S/C15H14N/c1-11-9-10-16(2)15(11)14-8-7-12-5-3-4-6-13(12)14/h3-10H,1-2H3. The van der Waals surface area contributed by atoms with Gasteiger partial charge in [0, 0.05) is 18.9 Å². The third-order valence-electron chi connectivity index (χ3n) is 3.21. The summed E-state index contributed by atoms with van der Waals surface area (Å²) in [4.78, 5) is 0. The Balaban J connectivity index is 2.15. The Bertz CT molecular complexity index is 541. The van der Waals surface area contributed by atoms with Gasteiger partial charge >= 0.3 is 0 Å². The lowest BCUT2D eigenvalue weighted by atomic mass is 9.95. The Morgan fingerprint density at radius 3 is 2.56 bits per heavy atom. The van der Waals surface area contributed by atoms with Gasteiger partial charge in [0.1, 0.15) is 0 Å². The van der Waals surface area contributed by atoms with Crippen LogP contribution in [0.4, 0.5) is 0 Å². The van der Waals surface area contributed by atoms with Crippen LogP contribution in [0.25, 0.3) is 6.08 Å². The van der Waals surface area contributed by atoms with Gasteiger partial charge in [-0.1, -0.05) is 36.4 Å². The number of nitrogens with zero attached hydrogens (tertiary/aromatic N) is 1. The van der Waals surface area contributed by atoms with Gasteiger partial charge in [-0.2, -0.15) is 0 Å². The molecule has 1 heteroatoms. The molecule has 0 unspecified atom stereocenters. The number of aromatic nitrogens is 1. The van der Waals surface area contributed by atoms with Crippen LogP contribution in [0, 0.1) is 12.8 Å². The maximum absolute atomic E-state index is 2.22. The second-order valence-electron chi connectivity index (χ2n) is 4.29. The molecule has 0 amide bonds. The van der Waals surface area contributed by atoms with Gasteiger partial charge < -0.3 is 4.57 Å². The van der Waals surface area contributed by atoms with E-state index in [0.717, 1.165) is 0 Å².